The van der Waals surface area contributed by atoms with Gasteiger partial charge in [0.05, 0.1) is 18.3 Å². The molecule has 0 saturated heterocycles. The van der Waals surface area contributed by atoms with Gasteiger partial charge in [-0.1, -0.05) is 18.2 Å². The van der Waals surface area contributed by atoms with E-state index in [1.165, 1.54) is 48.5 Å². The fraction of sp³-hybridized carbons (Fsp3) is 0.304. The summed E-state index contributed by atoms with van der Waals surface area (Å²) in [5.74, 6) is -6.13. The first-order valence-corrected chi connectivity index (χ1v) is 10.8. The lowest BCUT2D eigenvalue weighted by Gasteiger charge is -2.34. The molecule has 2 heterocycles. The van der Waals surface area contributed by atoms with Crippen LogP contribution in [0.1, 0.15) is 24.1 Å². The Labute approximate surface area is 205 Å². The molecule has 1 N–H and O–H groups in total. The first-order valence-electron chi connectivity index (χ1n) is 10.8. The van der Waals surface area contributed by atoms with E-state index in [1.54, 1.807) is 0 Å². The van der Waals surface area contributed by atoms with Gasteiger partial charge in [0, 0.05) is 18.1 Å². The molecule has 0 aliphatic rings. The van der Waals surface area contributed by atoms with Crippen molar-refractivity contribution < 1.29 is 31.4 Å². The monoisotopic (exact) mass is 526 g/mol. The minimum absolute atomic E-state index is 0.0724. The molecule has 37 heavy (non-hydrogen) atoms. The number of halogens is 6. The molecule has 2 aromatic heterocycles. The molecule has 2 aromatic carbocycles. The van der Waals surface area contributed by atoms with Crippen LogP contribution in [-0.4, -0.2) is 46.6 Å². The van der Waals surface area contributed by atoms with Crippen LogP contribution < -0.4 is 5.69 Å². The van der Waals surface area contributed by atoms with Crippen LogP contribution in [0.4, 0.5) is 26.3 Å². The van der Waals surface area contributed by atoms with Crippen LogP contribution in [-0.2, 0) is 18.6 Å². The highest BCUT2D eigenvalue weighted by molar-refractivity contribution is 5.35. The topological polar surface area (TPSA) is 90.8 Å². The Morgan fingerprint density at radius 1 is 1.03 bits per heavy atom. The first kappa shape index (κ1) is 26.1. The zero-order chi connectivity index (χ0) is 27.0. The van der Waals surface area contributed by atoms with Gasteiger partial charge < -0.3 is 5.11 Å². The van der Waals surface area contributed by atoms with Gasteiger partial charge in [0.1, 0.15) is 36.2 Å². The van der Waals surface area contributed by atoms with Crippen LogP contribution in [0.5, 0.6) is 0 Å². The van der Waals surface area contributed by atoms with E-state index >= 15 is 0 Å². The van der Waals surface area contributed by atoms with Crippen molar-refractivity contribution in [3.05, 3.63) is 94.7 Å². The summed E-state index contributed by atoms with van der Waals surface area (Å²) >= 11 is 0. The molecule has 2 atom stereocenters. The predicted octanol–water partition coefficient (Wildman–Crippen LogP) is 3.50. The molecule has 0 radical (unpaired) electrons. The molecule has 196 valence electrons. The lowest BCUT2D eigenvalue weighted by atomic mass is 9.86. The van der Waals surface area contributed by atoms with Crippen molar-refractivity contribution >= 4 is 0 Å². The lowest BCUT2D eigenvalue weighted by Crippen LogP contribution is -2.44. The predicted molar refractivity (Wildman–Crippen MR) is 117 cm³/mol. The molecule has 0 spiro atoms. The van der Waals surface area contributed by atoms with Crippen molar-refractivity contribution in [1.82, 2.24) is 29.1 Å². The highest BCUT2D eigenvalue weighted by Crippen LogP contribution is 2.36. The van der Waals surface area contributed by atoms with E-state index < -0.39 is 47.7 Å². The van der Waals surface area contributed by atoms with Crippen molar-refractivity contribution in [2.45, 2.75) is 43.9 Å². The SMILES string of the molecule is C[C@@H](n1ncn(-c2ccc(CC(F)(F)C(F)F)cc2)c1=O)[C@](O)(Cn1cncn1)c1ccc(F)cc1F. The Bertz CT molecular complexity index is 1420. The van der Waals surface area contributed by atoms with Crippen molar-refractivity contribution in [3.8, 4) is 5.69 Å². The molecular weight excluding hydrogens is 506 g/mol. The van der Waals surface area contributed by atoms with Gasteiger partial charge in [-0.3, -0.25) is 0 Å². The largest absolute Gasteiger partial charge is 0.381 e. The normalized spacial score (nSPS) is 14.6. The summed E-state index contributed by atoms with van der Waals surface area (Å²) in [6.07, 6.45) is -1.46. The highest BCUT2D eigenvalue weighted by Gasteiger charge is 2.42. The molecule has 0 amide bonds. The third kappa shape index (κ3) is 5.14. The van der Waals surface area contributed by atoms with Crippen LogP contribution in [0.2, 0.25) is 0 Å². The number of hydrogen-bond donors (Lipinski definition) is 1. The van der Waals surface area contributed by atoms with E-state index in [9.17, 15) is 36.2 Å². The number of benzene rings is 2. The molecule has 0 fully saturated rings. The zero-order valence-corrected chi connectivity index (χ0v) is 19.1. The average molecular weight is 526 g/mol. The molecule has 0 unspecified atom stereocenters. The number of rotatable bonds is 9. The van der Waals surface area contributed by atoms with E-state index in [1.807, 2.05) is 0 Å². The van der Waals surface area contributed by atoms with Crippen LogP contribution >= 0.6 is 0 Å². The number of aromatic nitrogens is 6. The van der Waals surface area contributed by atoms with Crippen LogP contribution in [0.25, 0.3) is 5.69 Å². The lowest BCUT2D eigenvalue weighted by molar-refractivity contribution is -0.127. The maximum atomic E-state index is 14.8. The van der Waals surface area contributed by atoms with E-state index in [0.29, 0.717) is 6.07 Å². The molecule has 0 saturated carbocycles. The summed E-state index contributed by atoms with van der Waals surface area (Å²) < 4.78 is 83.1. The smallest absolute Gasteiger partial charge is 0.350 e. The van der Waals surface area contributed by atoms with Gasteiger partial charge in [-0.05, 0) is 30.7 Å². The first-order chi connectivity index (χ1) is 17.4. The standard InChI is InChI=1S/C23H20F6N6O2/c1-14(22(37,10-33-12-30-11-31-33)18-7-4-16(24)8-19(18)25)35-21(36)34(13-32-35)17-5-2-15(3-6-17)9-23(28,29)20(26)27/h2-8,11-14,20,37H,9-10H2,1H3/t14-,22-/m1/s1. The van der Waals surface area contributed by atoms with Crippen LogP contribution in [0.15, 0.2) is 66.2 Å². The van der Waals surface area contributed by atoms with E-state index in [-0.39, 0.29) is 23.4 Å². The highest BCUT2D eigenvalue weighted by atomic mass is 19.3. The van der Waals surface area contributed by atoms with Crippen molar-refractivity contribution in [3.63, 3.8) is 0 Å². The average Bonchev–Trinajstić information content (AvgIpc) is 3.48. The Morgan fingerprint density at radius 3 is 2.32 bits per heavy atom. The molecule has 0 aliphatic heterocycles. The molecular formula is C23H20F6N6O2. The van der Waals surface area contributed by atoms with Gasteiger partial charge >= 0.3 is 18.0 Å². The molecule has 4 rings (SSSR count). The molecule has 14 heteroatoms. The van der Waals surface area contributed by atoms with Gasteiger partial charge in [0.25, 0.3) is 0 Å². The number of nitrogens with zero attached hydrogens (tertiary/aromatic N) is 6. The zero-order valence-electron chi connectivity index (χ0n) is 19.1. The molecule has 0 aliphatic carbocycles. The minimum Gasteiger partial charge on any atom is -0.381 e. The second-order valence-corrected chi connectivity index (χ2v) is 8.45. The number of aliphatic hydroxyl groups is 1. The minimum atomic E-state index is -4.21. The van der Waals surface area contributed by atoms with E-state index in [4.69, 9.17) is 0 Å². The Hall–Kier alpha value is -3.94. The fourth-order valence-corrected chi connectivity index (χ4v) is 3.93. The van der Waals surface area contributed by atoms with E-state index in [2.05, 4.69) is 15.2 Å². The molecule has 4 aromatic rings. The summed E-state index contributed by atoms with van der Waals surface area (Å²) in [6.45, 7) is 1.02. The maximum Gasteiger partial charge on any atom is 0.350 e. The third-order valence-electron chi connectivity index (χ3n) is 5.99. The fourth-order valence-electron chi connectivity index (χ4n) is 3.93. The second kappa shape index (κ2) is 9.84. The second-order valence-electron chi connectivity index (χ2n) is 8.45. The van der Waals surface area contributed by atoms with Gasteiger partial charge in [0.15, 0.2) is 0 Å². The number of alkyl halides is 4. The van der Waals surface area contributed by atoms with Crippen molar-refractivity contribution in [2.75, 3.05) is 0 Å². The van der Waals surface area contributed by atoms with Gasteiger partial charge in [-0.25, -0.2) is 41.3 Å². The molecule has 0 bridgehead atoms. The van der Waals surface area contributed by atoms with E-state index in [0.717, 1.165) is 27.7 Å². The van der Waals surface area contributed by atoms with Gasteiger partial charge in [-0.15, -0.1) is 0 Å². The summed E-state index contributed by atoms with van der Waals surface area (Å²) in [5.41, 5.74) is -3.14. The van der Waals surface area contributed by atoms with Gasteiger partial charge in [-0.2, -0.15) is 19.0 Å². The Balaban J connectivity index is 1.69. The van der Waals surface area contributed by atoms with Gasteiger partial charge in [0.2, 0.25) is 0 Å². The molecule has 8 nitrogen and oxygen atoms in total. The quantitative estimate of drug-likeness (QED) is 0.337. The summed E-state index contributed by atoms with van der Waals surface area (Å²) in [4.78, 5) is 17.0. The van der Waals surface area contributed by atoms with Crippen LogP contribution in [0, 0.1) is 11.6 Å². The third-order valence-corrected chi connectivity index (χ3v) is 5.99. The summed E-state index contributed by atoms with van der Waals surface area (Å²) in [5, 5.41) is 19.6. The summed E-state index contributed by atoms with van der Waals surface area (Å²) in [7, 11) is 0. The Kier molecular flexibility index (Phi) is 6.95. The van der Waals surface area contributed by atoms with Crippen molar-refractivity contribution in [1.29, 1.82) is 0 Å². The van der Waals surface area contributed by atoms with Crippen molar-refractivity contribution in [2.24, 2.45) is 0 Å². The maximum absolute atomic E-state index is 14.8. The van der Waals surface area contributed by atoms with Crippen LogP contribution in [0.3, 0.4) is 0 Å². The Morgan fingerprint density at radius 2 is 1.73 bits per heavy atom. The summed E-state index contributed by atoms with van der Waals surface area (Å²) in [6, 6.07) is 6.27. The number of hydrogen-bond acceptors (Lipinski definition) is 5.